The zero-order valence-electron chi connectivity index (χ0n) is 10.2. The molecular formula is C12H14N4O3. The third-order valence-corrected chi connectivity index (χ3v) is 2.68. The van der Waals surface area contributed by atoms with Crippen LogP contribution >= 0.6 is 0 Å². The number of anilines is 1. The normalized spacial score (nSPS) is 10.6. The Morgan fingerprint density at radius 3 is 2.74 bits per heavy atom. The molecule has 19 heavy (non-hydrogen) atoms. The number of aromatic amines is 1. The molecule has 1 aromatic heterocycles. The molecule has 0 unspecified atom stereocenters. The fourth-order valence-corrected chi connectivity index (χ4v) is 1.71. The molecule has 7 nitrogen and oxygen atoms in total. The highest BCUT2D eigenvalue weighted by Crippen LogP contribution is 2.12. The number of nitrogen functional groups attached to an aromatic ring is 1. The summed E-state index contributed by atoms with van der Waals surface area (Å²) in [7, 11) is 0. The lowest BCUT2D eigenvalue weighted by atomic mass is 10.1. The van der Waals surface area contributed by atoms with Crippen molar-refractivity contribution in [2.75, 3.05) is 12.3 Å². The first kappa shape index (κ1) is 13.0. The molecule has 0 fully saturated rings. The lowest BCUT2D eigenvalue weighted by Crippen LogP contribution is -2.35. The summed E-state index contributed by atoms with van der Waals surface area (Å²) >= 11 is 0. The minimum atomic E-state index is -0.635. The molecule has 0 bridgehead atoms. The van der Waals surface area contributed by atoms with Crippen LogP contribution in [-0.2, 0) is 13.0 Å². The molecule has 0 amide bonds. The number of rotatable bonds is 4. The fourth-order valence-electron chi connectivity index (χ4n) is 1.71. The molecule has 1 aromatic carbocycles. The van der Waals surface area contributed by atoms with Gasteiger partial charge in [-0.25, -0.2) is 9.48 Å². The van der Waals surface area contributed by atoms with Crippen molar-refractivity contribution in [3.8, 4) is 0 Å². The topological polar surface area (TPSA) is 114 Å². The number of nitrogens with one attached hydrogen (secondary N) is 1. The van der Waals surface area contributed by atoms with Gasteiger partial charge in [0.05, 0.1) is 13.2 Å². The quantitative estimate of drug-likeness (QED) is 0.618. The first-order valence-electron chi connectivity index (χ1n) is 5.76. The van der Waals surface area contributed by atoms with Crippen molar-refractivity contribution in [1.29, 1.82) is 0 Å². The molecule has 0 radical (unpaired) electrons. The minimum Gasteiger partial charge on any atom is -0.398 e. The van der Waals surface area contributed by atoms with Crippen molar-refractivity contribution in [3.63, 3.8) is 0 Å². The van der Waals surface area contributed by atoms with Gasteiger partial charge in [0.15, 0.2) is 0 Å². The van der Waals surface area contributed by atoms with Gasteiger partial charge in [0.25, 0.3) is 5.56 Å². The van der Waals surface area contributed by atoms with Crippen molar-refractivity contribution in [2.45, 2.75) is 13.0 Å². The number of benzene rings is 1. The molecule has 0 saturated heterocycles. The molecule has 2 aromatic rings. The summed E-state index contributed by atoms with van der Waals surface area (Å²) in [6, 6.07) is 7.12. The van der Waals surface area contributed by atoms with E-state index < -0.39 is 11.2 Å². The number of hydrogen-bond donors (Lipinski definition) is 3. The van der Waals surface area contributed by atoms with Gasteiger partial charge in [-0.05, 0) is 11.6 Å². The number of para-hydroxylation sites is 1. The van der Waals surface area contributed by atoms with Crippen LogP contribution in [0.5, 0.6) is 0 Å². The minimum absolute atomic E-state index is 0.0346. The maximum atomic E-state index is 11.7. The van der Waals surface area contributed by atoms with E-state index in [-0.39, 0.29) is 25.3 Å². The van der Waals surface area contributed by atoms with Crippen LogP contribution in [0.15, 0.2) is 33.9 Å². The molecule has 100 valence electrons. The first-order valence-corrected chi connectivity index (χ1v) is 5.76. The summed E-state index contributed by atoms with van der Waals surface area (Å²) in [5.41, 5.74) is 6.13. The number of H-pyrrole nitrogens is 1. The van der Waals surface area contributed by atoms with E-state index in [0.29, 0.717) is 5.69 Å². The van der Waals surface area contributed by atoms with Gasteiger partial charge in [0, 0.05) is 12.1 Å². The standard InChI is InChI=1S/C12H14N4O3/c13-9-4-2-1-3-8(9)7-10-11(18)14-12(19)16(15-10)5-6-17/h1-4,17H,5-7,13H2,(H,14,18,19). The molecule has 7 heteroatoms. The second-order valence-corrected chi connectivity index (χ2v) is 4.03. The van der Waals surface area contributed by atoms with Crippen LogP contribution in [0.1, 0.15) is 11.3 Å². The summed E-state index contributed by atoms with van der Waals surface area (Å²) in [6.07, 6.45) is 0.230. The first-order chi connectivity index (χ1) is 9.11. The maximum absolute atomic E-state index is 11.7. The van der Waals surface area contributed by atoms with E-state index in [0.717, 1.165) is 10.2 Å². The van der Waals surface area contributed by atoms with Gasteiger partial charge in [0.2, 0.25) is 0 Å². The van der Waals surface area contributed by atoms with E-state index in [1.807, 2.05) is 6.07 Å². The monoisotopic (exact) mass is 262 g/mol. The lowest BCUT2D eigenvalue weighted by molar-refractivity contribution is 0.264. The Bertz CT molecular complexity index is 690. The third-order valence-electron chi connectivity index (χ3n) is 2.68. The van der Waals surface area contributed by atoms with Crippen molar-refractivity contribution in [2.24, 2.45) is 0 Å². The summed E-state index contributed by atoms with van der Waals surface area (Å²) in [5, 5.41) is 12.8. The van der Waals surface area contributed by atoms with Crippen LogP contribution < -0.4 is 17.0 Å². The van der Waals surface area contributed by atoms with Crippen molar-refractivity contribution in [1.82, 2.24) is 14.8 Å². The molecular weight excluding hydrogens is 248 g/mol. The van der Waals surface area contributed by atoms with Crippen LogP contribution in [0, 0.1) is 0 Å². The number of aromatic nitrogens is 3. The predicted molar refractivity (Wildman–Crippen MR) is 69.9 cm³/mol. The van der Waals surface area contributed by atoms with Crippen LogP contribution in [-0.4, -0.2) is 26.5 Å². The second kappa shape index (κ2) is 5.49. The Morgan fingerprint density at radius 1 is 1.32 bits per heavy atom. The summed E-state index contributed by atoms with van der Waals surface area (Å²) in [6.45, 7) is -0.196. The molecule has 0 saturated carbocycles. The average molecular weight is 262 g/mol. The second-order valence-electron chi connectivity index (χ2n) is 4.03. The molecule has 0 atom stereocenters. The summed E-state index contributed by atoms with van der Waals surface area (Å²) < 4.78 is 1.02. The van der Waals surface area contributed by atoms with Crippen molar-refractivity contribution in [3.05, 3.63) is 56.4 Å². The van der Waals surface area contributed by atoms with Crippen LogP contribution in [0.3, 0.4) is 0 Å². The lowest BCUT2D eigenvalue weighted by Gasteiger charge is -2.06. The van der Waals surface area contributed by atoms with Crippen LogP contribution in [0.2, 0.25) is 0 Å². The molecule has 0 aliphatic rings. The van der Waals surface area contributed by atoms with Gasteiger partial charge in [-0.2, -0.15) is 5.10 Å². The predicted octanol–water partition coefficient (Wildman–Crippen LogP) is -0.903. The Hall–Kier alpha value is -2.41. The zero-order valence-corrected chi connectivity index (χ0v) is 10.2. The van der Waals surface area contributed by atoms with E-state index in [1.165, 1.54) is 0 Å². The summed E-state index contributed by atoms with van der Waals surface area (Å²) in [4.78, 5) is 25.3. The molecule has 2 rings (SSSR count). The highest BCUT2D eigenvalue weighted by Gasteiger charge is 2.09. The van der Waals surface area contributed by atoms with E-state index in [4.69, 9.17) is 10.8 Å². The van der Waals surface area contributed by atoms with E-state index >= 15 is 0 Å². The Kier molecular flexibility index (Phi) is 3.76. The third kappa shape index (κ3) is 2.89. The van der Waals surface area contributed by atoms with Gasteiger partial charge < -0.3 is 10.8 Å². The molecule has 0 spiro atoms. The SMILES string of the molecule is Nc1ccccc1Cc1nn(CCO)c(=O)[nH]c1=O. The molecule has 0 aliphatic carbocycles. The van der Waals surface area contributed by atoms with Gasteiger partial charge in [-0.15, -0.1) is 0 Å². The van der Waals surface area contributed by atoms with Crippen LogP contribution in [0.4, 0.5) is 5.69 Å². The smallest absolute Gasteiger partial charge is 0.344 e. The van der Waals surface area contributed by atoms with Gasteiger partial charge in [0.1, 0.15) is 5.69 Å². The van der Waals surface area contributed by atoms with Crippen LogP contribution in [0.25, 0.3) is 0 Å². The number of nitrogens with two attached hydrogens (primary N) is 1. The highest BCUT2D eigenvalue weighted by atomic mass is 16.3. The van der Waals surface area contributed by atoms with Gasteiger partial charge in [-0.3, -0.25) is 9.78 Å². The van der Waals surface area contributed by atoms with Gasteiger partial charge in [-0.1, -0.05) is 18.2 Å². The van der Waals surface area contributed by atoms with Gasteiger partial charge >= 0.3 is 5.69 Å². The van der Waals surface area contributed by atoms with E-state index in [2.05, 4.69) is 10.1 Å². The molecule has 1 heterocycles. The average Bonchev–Trinajstić information content (AvgIpc) is 2.38. The number of aliphatic hydroxyl groups is 1. The van der Waals surface area contributed by atoms with E-state index in [9.17, 15) is 9.59 Å². The summed E-state index contributed by atoms with van der Waals surface area (Å²) in [5.74, 6) is 0. The zero-order chi connectivity index (χ0) is 13.8. The number of hydrogen-bond acceptors (Lipinski definition) is 5. The molecule has 0 aliphatic heterocycles. The highest BCUT2D eigenvalue weighted by molar-refractivity contribution is 5.47. The maximum Gasteiger partial charge on any atom is 0.344 e. The van der Waals surface area contributed by atoms with E-state index in [1.54, 1.807) is 18.2 Å². The Labute approximate surface area is 108 Å². The fraction of sp³-hybridized carbons (Fsp3) is 0.250. The van der Waals surface area contributed by atoms with Crippen molar-refractivity contribution < 1.29 is 5.11 Å². The largest absolute Gasteiger partial charge is 0.398 e. The molecule has 4 N–H and O–H groups in total. The Balaban J connectivity index is 2.40. The van der Waals surface area contributed by atoms with Crippen molar-refractivity contribution >= 4 is 5.69 Å². The number of nitrogens with zero attached hydrogens (tertiary/aromatic N) is 2. The number of aliphatic hydroxyl groups excluding tert-OH is 1. The Morgan fingerprint density at radius 2 is 2.05 bits per heavy atom.